The van der Waals surface area contributed by atoms with Crippen molar-refractivity contribution in [2.45, 2.75) is 12.3 Å². The molecule has 2 aromatic carbocycles. The molecule has 2 N–H and O–H groups in total. The molecule has 0 spiro atoms. The molecule has 0 unspecified atom stereocenters. The van der Waals surface area contributed by atoms with Crippen LogP contribution >= 0.6 is 0 Å². The second kappa shape index (κ2) is 5.79. The number of rotatable bonds is 3. The Morgan fingerprint density at radius 3 is 2.39 bits per heavy atom. The lowest BCUT2D eigenvalue weighted by molar-refractivity contribution is -0.119. The van der Waals surface area contributed by atoms with E-state index in [0.29, 0.717) is 11.3 Å². The number of nitrogens with zero attached hydrogens (tertiary/aromatic N) is 1. The molecule has 3 rings (SSSR count). The second-order valence-electron chi connectivity index (χ2n) is 5.40. The fourth-order valence-corrected chi connectivity index (χ4v) is 2.83. The summed E-state index contributed by atoms with van der Waals surface area (Å²) in [5.74, 6) is -3.16. The van der Waals surface area contributed by atoms with Gasteiger partial charge in [-0.3, -0.25) is 9.59 Å². The van der Waals surface area contributed by atoms with Gasteiger partial charge < -0.3 is 10.6 Å². The van der Waals surface area contributed by atoms with Gasteiger partial charge in [0.05, 0.1) is 12.3 Å². The van der Waals surface area contributed by atoms with Gasteiger partial charge >= 0.3 is 0 Å². The number of benzene rings is 2. The van der Waals surface area contributed by atoms with E-state index in [1.165, 1.54) is 11.0 Å². The first-order valence-corrected chi connectivity index (χ1v) is 7.10. The summed E-state index contributed by atoms with van der Waals surface area (Å²) in [6.45, 7) is 0.0869. The molecule has 1 aliphatic rings. The molecule has 1 heterocycles. The maximum absolute atomic E-state index is 13.7. The zero-order valence-electron chi connectivity index (χ0n) is 12.1. The molecule has 2 amide bonds. The molecule has 1 atom stereocenters. The lowest BCUT2D eigenvalue weighted by Crippen LogP contribution is -2.34. The van der Waals surface area contributed by atoms with Crippen molar-refractivity contribution in [1.29, 1.82) is 0 Å². The summed E-state index contributed by atoms with van der Waals surface area (Å²) in [4.78, 5) is 25.4. The van der Waals surface area contributed by atoms with Gasteiger partial charge in [0.15, 0.2) is 0 Å². The number of fused-ring (bicyclic) bond motifs is 1. The molecule has 0 fully saturated rings. The third-order valence-corrected chi connectivity index (χ3v) is 4.00. The van der Waals surface area contributed by atoms with Crippen molar-refractivity contribution in [3.05, 3.63) is 65.2 Å². The summed E-state index contributed by atoms with van der Waals surface area (Å²) < 4.78 is 27.4. The molecule has 6 heteroatoms. The van der Waals surface area contributed by atoms with E-state index in [2.05, 4.69) is 0 Å². The lowest BCUT2D eigenvalue weighted by Gasteiger charge is -2.18. The van der Waals surface area contributed by atoms with E-state index in [4.69, 9.17) is 5.73 Å². The highest BCUT2D eigenvalue weighted by molar-refractivity contribution is 6.00. The molecule has 0 aromatic heterocycles. The largest absolute Gasteiger partial charge is 0.369 e. The molecule has 118 valence electrons. The zero-order valence-corrected chi connectivity index (χ0v) is 12.1. The first-order chi connectivity index (χ1) is 11.0. The van der Waals surface area contributed by atoms with Crippen LogP contribution in [-0.4, -0.2) is 18.4 Å². The maximum atomic E-state index is 13.7. The Balaban J connectivity index is 1.91. The van der Waals surface area contributed by atoms with Crippen LogP contribution in [0.25, 0.3) is 0 Å². The SMILES string of the molecule is NC(=O)[C@@H]1CN(C(=O)Cc2c(F)cccc2F)c2ccccc21. The molecule has 0 radical (unpaired) electrons. The quantitative estimate of drug-likeness (QED) is 0.943. The molecule has 1 aliphatic heterocycles. The topological polar surface area (TPSA) is 63.4 Å². The number of carbonyl (C=O) groups is 2. The highest BCUT2D eigenvalue weighted by Crippen LogP contribution is 2.36. The van der Waals surface area contributed by atoms with Gasteiger partial charge in [-0.15, -0.1) is 0 Å². The summed E-state index contributed by atoms with van der Waals surface area (Å²) in [5, 5.41) is 0. The number of hydrogen-bond donors (Lipinski definition) is 1. The van der Waals surface area contributed by atoms with Gasteiger partial charge in [0, 0.05) is 17.8 Å². The van der Waals surface area contributed by atoms with E-state index < -0.39 is 35.8 Å². The highest BCUT2D eigenvalue weighted by atomic mass is 19.1. The number of amides is 2. The molecule has 2 aromatic rings. The Kier molecular flexibility index (Phi) is 3.82. The van der Waals surface area contributed by atoms with E-state index >= 15 is 0 Å². The van der Waals surface area contributed by atoms with Crippen LogP contribution in [-0.2, 0) is 16.0 Å². The average Bonchev–Trinajstić information content (AvgIpc) is 2.91. The van der Waals surface area contributed by atoms with Gasteiger partial charge in [0.1, 0.15) is 11.6 Å². The van der Waals surface area contributed by atoms with E-state index in [-0.39, 0.29) is 12.1 Å². The van der Waals surface area contributed by atoms with Crippen molar-refractivity contribution >= 4 is 17.5 Å². The number of halogens is 2. The molecular formula is C17H14F2N2O2. The van der Waals surface area contributed by atoms with E-state index in [1.807, 2.05) is 0 Å². The Bertz CT molecular complexity index is 772. The molecular weight excluding hydrogens is 302 g/mol. The predicted octanol–water partition coefficient (Wildman–Crippen LogP) is 2.12. The summed E-state index contributed by atoms with van der Waals surface area (Å²) in [5.41, 5.74) is 6.31. The van der Waals surface area contributed by atoms with E-state index in [0.717, 1.165) is 12.1 Å². The van der Waals surface area contributed by atoms with Gasteiger partial charge in [-0.25, -0.2) is 8.78 Å². The van der Waals surface area contributed by atoms with Gasteiger partial charge in [-0.1, -0.05) is 24.3 Å². The lowest BCUT2D eigenvalue weighted by atomic mass is 10.0. The van der Waals surface area contributed by atoms with Crippen LogP contribution in [0, 0.1) is 11.6 Å². The van der Waals surface area contributed by atoms with Gasteiger partial charge in [0.2, 0.25) is 11.8 Å². The van der Waals surface area contributed by atoms with Crippen LogP contribution in [0.2, 0.25) is 0 Å². The maximum Gasteiger partial charge on any atom is 0.231 e. The Morgan fingerprint density at radius 1 is 1.09 bits per heavy atom. The minimum absolute atomic E-state index is 0.0869. The van der Waals surface area contributed by atoms with Crippen molar-refractivity contribution in [2.75, 3.05) is 11.4 Å². The average molecular weight is 316 g/mol. The molecule has 4 nitrogen and oxygen atoms in total. The number of primary amides is 1. The summed E-state index contributed by atoms with van der Waals surface area (Å²) >= 11 is 0. The fraction of sp³-hybridized carbons (Fsp3) is 0.176. The third-order valence-electron chi connectivity index (χ3n) is 4.00. The van der Waals surface area contributed by atoms with Gasteiger partial charge in [-0.2, -0.15) is 0 Å². The number of carbonyl (C=O) groups excluding carboxylic acids is 2. The summed E-state index contributed by atoms with van der Waals surface area (Å²) in [6, 6.07) is 10.3. The molecule has 0 aliphatic carbocycles. The van der Waals surface area contributed by atoms with Crippen LogP contribution in [0.3, 0.4) is 0 Å². The van der Waals surface area contributed by atoms with Crippen molar-refractivity contribution in [3.63, 3.8) is 0 Å². The van der Waals surface area contributed by atoms with Gasteiger partial charge in [0.25, 0.3) is 0 Å². The first-order valence-electron chi connectivity index (χ1n) is 7.10. The second-order valence-corrected chi connectivity index (χ2v) is 5.40. The van der Waals surface area contributed by atoms with Gasteiger partial charge in [-0.05, 0) is 23.8 Å². The predicted molar refractivity (Wildman–Crippen MR) is 80.8 cm³/mol. The van der Waals surface area contributed by atoms with E-state index in [1.54, 1.807) is 24.3 Å². The Morgan fingerprint density at radius 2 is 1.74 bits per heavy atom. The minimum Gasteiger partial charge on any atom is -0.369 e. The summed E-state index contributed by atoms with van der Waals surface area (Å²) in [7, 11) is 0. The van der Waals surface area contributed by atoms with Crippen molar-refractivity contribution in [1.82, 2.24) is 0 Å². The van der Waals surface area contributed by atoms with Crippen molar-refractivity contribution in [3.8, 4) is 0 Å². The van der Waals surface area contributed by atoms with Crippen molar-refractivity contribution in [2.24, 2.45) is 5.73 Å². The molecule has 0 saturated heterocycles. The number of para-hydroxylation sites is 1. The minimum atomic E-state index is -0.766. The summed E-state index contributed by atoms with van der Waals surface area (Å²) in [6.07, 6.45) is -0.418. The molecule has 0 saturated carbocycles. The van der Waals surface area contributed by atoms with Crippen LogP contribution in [0.5, 0.6) is 0 Å². The van der Waals surface area contributed by atoms with Crippen LogP contribution in [0.4, 0.5) is 14.5 Å². The molecule has 0 bridgehead atoms. The number of nitrogens with two attached hydrogens (primary N) is 1. The normalized spacial score (nSPS) is 16.3. The Labute approximate surface area is 131 Å². The first kappa shape index (κ1) is 15.1. The highest BCUT2D eigenvalue weighted by Gasteiger charge is 2.35. The monoisotopic (exact) mass is 316 g/mol. The van der Waals surface area contributed by atoms with Crippen molar-refractivity contribution < 1.29 is 18.4 Å². The number of anilines is 1. The third kappa shape index (κ3) is 2.67. The van der Waals surface area contributed by atoms with Crippen LogP contribution in [0.1, 0.15) is 17.0 Å². The smallest absolute Gasteiger partial charge is 0.231 e. The molecule has 23 heavy (non-hydrogen) atoms. The standard InChI is InChI=1S/C17H14F2N2O2/c18-13-5-3-6-14(19)11(13)8-16(22)21-9-12(17(20)23)10-4-1-2-7-15(10)21/h1-7,12H,8-9H2,(H2,20,23)/t12-/m1/s1. The number of hydrogen-bond acceptors (Lipinski definition) is 2. The van der Waals surface area contributed by atoms with Crippen LogP contribution in [0.15, 0.2) is 42.5 Å². The fourth-order valence-electron chi connectivity index (χ4n) is 2.83. The van der Waals surface area contributed by atoms with Crippen LogP contribution < -0.4 is 10.6 Å². The zero-order chi connectivity index (χ0) is 16.6. The van der Waals surface area contributed by atoms with E-state index in [9.17, 15) is 18.4 Å². The Hall–Kier alpha value is -2.76.